The molecule has 19 heavy (non-hydrogen) atoms. The second-order valence-corrected chi connectivity index (χ2v) is 8.01. The Kier molecular flexibility index (Phi) is 3.80. The highest BCUT2D eigenvalue weighted by molar-refractivity contribution is 8.00. The van der Waals surface area contributed by atoms with Crippen LogP contribution >= 0.6 is 23.1 Å². The summed E-state index contributed by atoms with van der Waals surface area (Å²) in [6.45, 7) is 4.18. The molecule has 1 aromatic heterocycles. The molecule has 0 bridgehead atoms. The Hall–Kier alpha value is -0.810. The van der Waals surface area contributed by atoms with Gasteiger partial charge >= 0.3 is 0 Å². The summed E-state index contributed by atoms with van der Waals surface area (Å²) in [5, 5.41) is 0. The summed E-state index contributed by atoms with van der Waals surface area (Å²) in [5.41, 5.74) is 1.72. The lowest BCUT2D eigenvalue weighted by molar-refractivity contribution is 0.0830. The van der Waals surface area contributed by atoms with Gasteiger partial charge in [-0.2, -0.15) is 0 Å². The van der Waals surface area contributed by atoms with E-state index in [1.165, 1.54) is 11.3 Å². The predicted molar refractivity (Wildman–Crippen MR) is 80.6 cm³/mol. The van der Waals surface area contributed by atoms with Crippen molar-refractivity contribution in [3.05, 3.63) is 16.0 Å². The zero-order valence-corrected chi connectivity index (χ0v) is 13.6. The molecule has 1 aliphatic carbocycles. The van der Waals surface area contributed by atoms with Crippen molar-refractivity contribution in [2.45, 2.75) is 30.9 Å². The van der Waals surface area contributed by atoms with Crippen molar-refractivity contribution in [1.82, 2.24) is 4.90 Å². The summed E-state index contributed by atoms with van der Waals surface area (Å²) in [4.78, 5) is 27.0. The SMILES string of the molecule is CSc1sc(C(=O)N(C)C)c2c1C(=O)CC(C)(C)C2. The Balaban J connectivity index is 2.60. The van der Waals surface area contributed by atoms with Gasteiger partial charge in [0.2, 0.25) is 0 Å². The molecule has 3 nitrogen and oxygen atoms in total. The third-order valence-electron chi connectivity index (χ3n) is 3.33. The van der Waals surface area contributed by atoms with Gasteiger partial charge in [-0.05, 0) is 23.7 Å². The van der Waals surface area contributed by atoms with Crippen LogP contribution in [0, 0.1) is 5.41 Å². The number of fused-ring (bicyclic) bond motifs is 1. The minimum atomic E-state index is -0.0534. The molecular formula is C14H19NO2S2. The van der Waals surface area contributed by atoms with E-state index in [-0.39, 0.29) is 17.1 Å². The Morgan fingerprint density at radius 2 is 1.95 bits per heavy atom. The molecule has 0 spiro atoms. The van der Waals surface area contributed by atoms with Crippen LogP contribution in [0.3, 0.4) is 0 Å². The van der Waals surface area contributed by atoms with Crippen molar-refractivity contribution < 1.29 is 9.59 Å². The van der Waals surface area contributed by atoms with Gasteiger partial charge in [-0.3, -0.25) is 9.59 Å². The van der Waals surface area contributed by atoms with Crippen LogP contribution in [0.5, 0.6) is 0 Å². The molecule has 5 heteroatoms. The summed E-state index contributed by atoms with van der Waals surface area (Å²) < 4.78 is 0.987. The van der Waals surface area contributed by atoms with Crippen LogP contribution in [-0.4, -0.2) is 36.9 Å². The molecule has 0 unspecified atom stereocenters. The van der Waals surface area contributed by atoms with Crippen LogP contribution in [0.4, 0.5) is 0 Å². The minimum Gasteiger partial charge on any atom is -0.344 e. The van der Waals surface area contributed by atoms with E-state index in [4.69, 9.17) is 0 Å². The average Bonchev–Trinajstić information content (AvgIpc) is 2.64. The predicted octanol–water partition coefficient (Wildman–Crippen LogP) is 3.33. The standard InChI is InChI=1S/C14H19NO2S2/c1-14(2)6-8-10(9(16)7-14)13(18-5)19-11(8)12(17)15(3)4/h6-7H2,1-5H3. The van der Waals surface area contributed by atoms with Crippen molar-refractivity contribution in [2.75, 3.05) is 20.4 Å². The number of Topliss-reactive ketones (excluding diaryl/α,β-unsaturated/α-hetero) is 1. The van der Waals surface area contributed by atoms with E-state index in [0.717, 1.165) is 26.6 Å². The fourth-order valence-corrected chi connectivity index (χ4v) is 4.59. The van der Waals surface area contributed by atoms with Crippen LogP contribution < -0.4 is 0 Å². The number of ketones is 1. The number of thioether (sulfide) groups is 1. The fourth-order valence-electron chi connectivity index (χ4n) is 2.48. The fraction of sp³-hybridized carbons (Fsp3) is 0.571. The molecule has 1 heterocycles. The monoisotopic (exact) mass is 297 g/mol. The molecule has 0 N–H and O–H groups in total. The van der Waals surface area contributed by atoms with Gasteiger partial charge in [0, 0.05) is 26.1 Å². The number of rotatable bonds is 2. The van der Waals surface area contributed by atoms with E-state index in [0.29, 0.717) is 6.42 Å². The van der Waals surface area contributed by atoms with Crippen LogP contribution in [0.1, 0.15) is 45.9 Å². The van der Waals surface area contributed by atoms with Crippen LogP contribution in [0.15, 0.2) is 4.21 Å². The van der Waals surface area contributed by atoms with Crippen molar-refractivity contribution in [3.8, 4) is 0 Å². The number of hydrogen-bond acceptors (Lipinski definition) is 4. The van der Waals surface area contributed by atoms with Crippen molar-refractivity contribution in [2.24, 2.45) is 5.41 Å². The van der Waals surface area contributed by atoms with Crippen LogP contribution in [0.25, 0.3) is 0 Å². The van der Waals surface area contributed by atoms with Gasteiger partial charge in [0.05, 0.1) is 9.09 Å². The maximum Gasteiger partial charge on any atom is 0.263 e. The van der Waals surface area contributed by atoms with Crippen molar-refractivity contribution in [3.63, 3.8) is 0 Å². The Bertz CT molecular complexity index is 544. The van der Waals surface area contributed by atoms with Gasteiger partial charge in [-0.1, -0.05) is 13.8 Å². The molecule has 0 atom stereocenters. The van der Waals surface area contributed by atoms with Crippen molar-refractivity contribution >= 4 is 34.8 Å². The molecule has 0 aromatic carbocycles. The third kappa shape index (κ3) is 2.58. The van der Waals surface area contributed by atoms with E-state index in [1.54, 1.807) is 30.8 Å². The zero-order valence-electron chi connectivity index (χ0n) is 12.0. The Morgan fingerprint density at radius 3 is 2.47 bits per heavy atom. The van der Waals surface area contributed by atoms with Crippen LogP contribution in [0.2, 0.25) is 0 Å². The molecule has 0 aliphatic heterocycles. The molecule has 1 aliphatic rings. The second kappa shape index (κ2) is 4.94. The quantitative estimate of drug-likeness (QED) is 0.786. The Labute approximate surface area is 122 Å². The van der Waals surface area contributed by atoms with Gasteiger partial charge < -0.3 is 4.90 Å². The van der Waals surface area contributed by atoms with E-state index < -0.39 is 0 Å². The zero-order chi connectivity index (χ0) is 14.4. The number of thiophene rings is 1. The van der Waals surface area contributed by atoms with Gasteiger partial charge in [-0.25, -0.2) is 0 Å². The lowest BCUT2D eigenvalue weighted by Gasteiger charge is -2.29. The highest BCUT2D eigenvalue weighted by Gasteiger charge is 2.37. The van der Waals surface area contributed by atoms with E-state index >= 15 is 0 Å². The molecule has 0 radical (unpaired) electrons. The number of carbonyl (C=O) groups is 2. The summed E-state index contributed by atoms with van der Waals surface area (Å²) in [5.74, 6) is 0.191. The van der Waals surface area contributed by atoms with E-state index in [1.807, 2.05) is 6.26 Å². The second-order valence-electron chi connectivity index (χ2n) is 5.92. The third-order valence-corrected chi connectivity index (χ3v) is 5.67. The number of carbonyl (C=O) groups excluding carboxylic acids is 2. The van der Waals surface area contributed by atoms with E-state index in [9.17, 15) is 9.59 Å². The topological polar surface area (TPSA) is 37.4 Å². The highest BCUT2D eigenvalue weighted by Crippen LogP contribution is 2.44. The maximum absolute atomic E-state index is 12.4. The Morgan fingerprint density at radius 1 is 1.32 bits per heavy atom. The first-order chi connectivity index (χ1) is 8.76. The summed E-state index contributed by atoms with van der Waals surface area (Å²) in [6.07, 6.45) is 3.34. The molecule has 0 saturated carbocycles. The number of nitrogens with zero attached hydrogens (tertiary/aromatic N) is 1. The number of amides is 1. The lowest BCUT2D eigenvalue weighted by Crippen LogP contribution is -2.29. The summed E-state index contributed by atoms with van der Waals surface area (Å²) in [7, 11) is 3.51. The number of hydrogen-bond donors (Lipinski definition) is 0. The van der Waals surface area contributed by atoms with E-state index in [2.05, 4.69) is 13.8 Å². The lowest BCUT2D eigenvalue weighted by atomic mass is 9.74. The summed E-state index contributed by atoms with van der Waals surface area (Å²) in [6, 6.07) is 0. The van der Waals surface area contributed by atoms with Gasteiger partial charge in [0.15, 0.2) is 5.78 Å². The van der Waals surface area contributed by atoms with Crippen molar-refractivity contribution in [1.29, 1.82) is 0 Å². The van der Waals surface area contributed by atoms with Crippen LogP contribution in [-0.2, 0) is 6.42 Å². The first-order valence-corrected chi connectivity index (χ1v) is 8.25. The molecule has 2 rings (SSSR count). The molecule has 0 saturated heterocycles. The van der Waals surface area contributed by atoms with Gasteiger partial charge in [0.1, 0.15) is 0 Å². The normalized spacial score (nSPS) is 17.2. The molecule has 1 aromatic rings. The summed E-state index contributed by atoms with van der Waals surface area (Å²) >= 11 is 3.03. The van der Waals surface area contributed by atoms with Gasteiger partial charge in [0.25, 0.3) is 5.91 Å². The smallest absolute Gasteiger partial charge is 0.263 e. The molecular weight excluding hydrogens is 278 g/mol. The highest BCUT2D eigenvalue weighted by atomic mass is 32.2. The minimum absolute atomic E-state index is 0.00653. The first-order valence-electron chi connectivity index (χ1n) is 6.21. The molecule has 1 amide bonds. The average molecular weight is 297 g/mol. The largest absolute Gasteiger partial charge is 0.344 e. The van der Waals surface area contributed by atoms with Gasteiger partial charge in [-0.15, -0.1) is 23.1 Å². The maximum atomic E-state index is 12.4. The first kappa shape index (κ1) is 14.6. The molecule has 0 fully saturated rings. The molecule has 104 valence electrons.